The van der Waals surface area contributed by atoms with Gasteiger partial charge in [-0.2, -0.15) is 0 Å². The number of aryl methyl sites for hydroxylation is 1. The molecule has 0 saturated carbocycles. The average molecular weight is 315 g/mol. The molecule has 1 aliphatic rings. The van der Waals surface area contributed by atoms with Crippen molar-refractivity contribution in [2.75, 3.05) is 13.1 Å². The molecule has 23 heavy (non-hydrogen) atoms. The predicted octanol–water partition coefficient (Wildman–Crippen LogP) is 2.34. The lowest BCUT2D eigenvalue weighted by Crippen LogP contribution is -2.37. The first-order chi connectivity index (χ1) is 11.2. The molecule has 0 radical (unpaired) electrons. The molecule has 0 spiro atoms. The van der Waals surface area contributed by atoms with E-state index in [1.165, 1.54) is 0 Å². The Morgan fingerprint density at radius 2 is 2.04 bits per heavy atom. The van der Waals surface area contributed by atoms with Crippen LogP contribution in [0.2, 0.25) is 0 Å². The molecular formula is C16H21N5O2. The summed E-state index contributed by atoms with van der Waals surface area (Å²) in [7, 11) is 0. The third kappa shape index (κ3) is 3.55. The molecule has 7 heteroatoms. The number of hydrogen-bond acceptors (Lipinski definition) is 6. The molecule has 1 aliphatic heterocycles. The van der Waals surface area contributed by atoms with E-state index in [0.29, 0.717) is 23.9 Å². The van der Waals surface area contributed by atoms with E-state index in [-0.39, 0.29) is 11.8 Å². The van der Waals surface area contributed by atoms with E-state index in [1.54, 1.807) is 12.4 Å². The van der Waals surface area contributed by atoms with Crippen LogP contribution in [-0.2, 0) is 4.79 Å². The molecule has 2 aromatic heterocycles. The van der Waals surface area contributed by atoms with Gasteiger partial charge < -0.3 is 9.32 Å². The fourth-order valence-electron chi connectivity index (χ4n) is 2.75. The number of nitrogens with zero attached hydrogens (tertiary/aromatic N) is 5. The Morgan fingerprint density at radius 3 is 2.70 bits per heavy atom. The molecule has 122 valence electrons. The molecule has 0 bridgehead atoms. The summed E-state index contributed by atoms with van der Waals surface area (Å²) in [6.45, 7) is 5.42. The summed E-state index contributed by atoms with van der Waals surface area (Å²) in [5, 5.41) is 8.23. The van der Waals surface area contributed by atoms with E-state index in [9.17, 15) is 4.79 Å². The second-order valence-corrected chi connectivity index (χ2v) is 5.89. The Labute approximate surface area is 135 Å². The van der Waals surface area contributed by atoms with Crippen molar-refractivity contribution in [2.24, 2.45) is 0 Å². The molecule has 0 aliphatic carbocycles. The van der Waals surface area contributed by atoms with Crippen molar-refractivity contribution in [2.45, 2.75) is 45.4 Å². The van der Waals surface area contributed by atoms with E-state index in [0.717, 1.165) is 38.0 Å². The van der Waals surface area contributed by atoms with Crippen molar-refractivity contribution in [1.82, 2.24) is 25.1 Å². The molecule has 7 nitrogen and oxygen atoms in total. The number of likely N-dealkylation sites (tertiary alicyclic amines) is 1. The molecule has 3 rings (SSSR count). The maximum atomic E-state index is 11.9. The fraction of sp³-hybridized carbons (Fsp3) is 0.562. The third-order valence-corrected chi connectivity index (χ3v) is 4.10. The zero-order valence-electron chi connectivity index (χ0n) is 13.5. The molecule has 0 aromatic carbocycles. The smallest absolute Gasteiger partial charge is 0.267 e. The molecule has 0 unspecified atom stereocenters. The van der Waals surface area contributed by atoms with Crippen LogP contribution in [0.25, 0.3) is 11.6 Å². The fourth-order valence-corrected chi connectivity index (χ4v) is 2.75. The number of amides is 1. The van der Waals surface area contributed by atoms with Crippen LogP contribution in [0.4, 0.5) is 0 Å². The monoisotopic (exact) mass is 315 g/mol. The Bertz CT molecular complexity index is 659. The highest BCUT2D eigenvalue weighted by Crippen LogP contribution is 2.29. The van der Waals surface area contributed by atoms with E-state index < -0.39 is 0 Å². The highest BCUT2D eigenvalue weighted by Gasteiger charge is 2.27. The maximum Gasteiger partial charge on any atom is 0.267 e. The summed E-state index contributed by atoms with van der Waals surface area (Å²) in [6, 6.07) is 0. The molecule has 3 heterocycles. The van der Waals surface area contributed by atoms with Crippen LogP contribution in [0.3, 0.4) is 0 Å². The summed E-state index contributed by atoms with van der Waals surface area (Å²) in [6.07, 6.45) is 6.55. The number of piperidine rings is 1. The van der Waals surface area contributed by atoms with Crippen molar-refractivity contribution in [1.29, 1.82) is 0 Å². The van der Waals surface area contributed by atoms with Gasteiger partial charge in [0.2, 0.25) is 11.8 Å². The first-order valence-electron chi connectivity index (χ1n) is 8.07. The molecule has 2 aromatic rings. The van der Waals surface area contributed by atoms with Crippen LogP contribution < -0.4 is 0 Å². The van der Waals surface area contributed by atoms with Gasteiger partial charge in [-0.15, -0.1) is 10.2 Å². The van der Waals surface area contributed by atoms with Crippen LogP contribution in [0, 0.1) is 6.92 Å². The molecule has 1 amide bonds. The van der Waals surface area contributed by atoms with Crippen LogP contribution in [-0.4, -0.2) is 44.1 Å². The molecule has 0 N–H and O–H groups in total. The van der Waals surface area contributed by atoms with E-state index >= 15 is 0 Å². The summed E-state index contributed by atoms with van der Waals surface area (Å²) in [5.41, 5.74) is 1.43. The molecule has 1 saturated heterocycles. The number of carbonyl (C=O) groups is 1. The minimum Gasteiger partial charge on any atom is -0.419 e. The van der Waals surface area contributed by atoms with Gasteiger partial charge in [0.05, 0.1) is 11.9 Å². The van der Waals surface area contributed by atoms with Gasteiger partial charge >= 0.3 is 0 Å². The van der Waals surface area contributed by atoms with Crippen molar-refractivity contribution < 1.29 is 9.21 Å². The maximum absolute atomic E-state index is 11.9. The first-order valence-corrected chi connectivity index (χ1v) is 8.07. The Kier molecular flexibility index (Phi) is 4.64. The number of carbonyl (C=O) groups excluding carboxylic acids is 1. The molecule has 1 fully saturated rings. The van der Waals surface area contributed by atoms with E-state index in [4.69, 9.17) is 4.42 Å². The topological polar surface area (TPSA) is 85.0 Å². The first kappa shape index (κ1) is 15.6. The van der Waals surface area contributed by atoms with Gasteiger partial charge in [-0.25, -0.2) is 4.98 Å². The van der Waals surface area contributed by atoms with Gasteiger partial charge in [-0.1, -0.05) is 6.92 Å². The van der Waals surface area contributed by atoms with E-state index in [1.807, 2.05) is 18.7 Å². The van der Waals surface area contributed by atoms with Crippen molar-refractivity contribution >= 4 is 5.91 Å². The quantitative estimate of drug-likeness (QED) is 0.861. The summed E-state index contributed by atoms with van der Waals surface area (Å²) >= 11 is 0. The highest BCUT2D eigenvalue weighted by molar-refractivity contribution is 5.76. The second kappa shape index (κ2) is 6.85. The van der Waals surface area contributed by atoms with Crippen LogP contribution >= 0.6 is 0 Å². The largest absolute Gasteiger partial charge is 0.419 e. The summed E-state index contributed by atoms with van der Waals surface area (Å²) < 4.78 is 5.76. The van der Waals surface area contributed by atoms with Crippen LogP contribution in [0.15, 0.2) is 16.8 Å². The summed E-state index contributed by atoms with van der Waals surface area (Å²) in [5.74, 6) is 1.48. The Hall–Kier alpha value is -2.31. The zero-order chi connectivity index (χ0) is 16.2. The minimum atomic E-state index is 0.209. The van der Waals surface area contributed by atoms with Crippen molar-refractivity contribution in [3.63, 3.8) is 0 Å². The Balaban J connectivity index is 1.63. The van der Waals surface area contributed by atoms with Crippen molar-refractivity contribution in [3.05, 3.63) is 24.0 Å². The van der Waals surface area contributed by atoms with Crippen molar-refractivity contribution in [3.8, 4) is 11.6 Å². The summed E-state index contributed by atoms with van der Waals surface area (Å²) in [4.78, 5) is 22.3. The third-order valence-electron chi connectivity index (χ3n) is 4.10. The van der Waals surface area contributed by atoms with Gasteiger partial charge in [0.25, 0.3) is 5.89 Å². The normalized spacial score (nSPS) is 15.8. The Morgan fingerprint density at radius 1 is 1.26 bits per heavy atom. The number of rotatable bonds is 4. The van der Waals surface area contributed by atoms with Gasteiger partial charge in [-0.05, 0) is 26.2 Å². The average Bonchev–Trinajstić information content (AvgIpc) is 3.06. The number of hydrogen-bond donors (Lipinski definition) is 0. The number of aromatic nitrogens is 4. The highest BCUT2D eigenvalue weighted by atomic mass is 16.4. The molecule has 0 atom stereocenters. The zero-order valence-corrected chi connectivity index (χ0v) is 13.5. The van der Waals surface area contributed by atoms with Crippen LogP contribution in [0.1, 0.15) is 50.1 Å². The lowest BCUT2D eigenvalue weighted by atomic mass is 9.96. The standard InChI is InChI=1S/C16H21N5O2/c1-3-4-14(22)21-7-5-12(6-8-21)15-19-20-16(23-15)13-10-17-11(2)9-18-13/h9-10,12H,3-8H2,1-2H3. The van der Waals surface area contributed by atoms with Gasteiger partial charge in [0.15, 0.2) is 0 Å². The van der Waals surface area contributed by atoms with Gasteiger partial charge in [-0.3, -0.25) is 9.78 Å². The SMILES string of the molecule is CCCC(=O)N1CCC(c2nnc(-c3cnc(C)cn3)o2)CC1. The van der Waals surface area contributed by atoms with Gasteiger partial charge in [0.1, 0.15) is 5.69 Å². The van der Waals surface area contributed by atoms with Gasteiger partial charge in [0, 0.05) is 31.6 Å². The minimum absolute atomic E-state index is 0.209. The molecular weight excluding hydrogens is 294 g/mol. The lowest BCUT2D eigenvalue weighted by molar-refractivity contribution is -0.132. The lowest BCUT2D eigenvalue weighted by Gasteiger charge is -2.30. The second-order valence-electron chi connectivity index (χ2n) is 5.89. The van der Waals surface area contributed by atoms with Crippen LogP contribution in [0.5, 0.6) is 0 Å². The predicted molar refractivity (Wildman–Crippen MR) is 83.5 cm³/mol. The van der Waals surface area contributed by atoms with E-state index in [2.05, 4.69) is 20.2 Å².